The van der Waals surface area contributed by atoms with Gasteiger partial charge < -0.3 is 13.6 Å². The molecule has 0 unspecified atom stereocenters. The Hall–Kier alpha value is -3.67. The molecule has 0 fully saturated rings. The topological polar surface area (TPSA) is 69.7 Å². The van der Waals surface area contributed by atoms with E-state index in [0.29, 0.717) is 11.0 Å². The van der Waals surface area contributed by atoms with Crippen LogP contribution in [0.1, 0.15) is 21.5 Å². The summed E-state index contributed by atoms with van der Waals surface area (Å²) in [6.07, 6.45) is 1.42. The van der Waals surface area contributed by atoms with E-state index in [0.717, 1.165) is 23.3 Å². The van der Waals surface area contributed by atoms with Gasteiger partial charge in [0.2, 0.25) is 16.9 Å². The molecule has 2 heterocycles. The molecule has 0 spiro atoms. The summed E-state index contributed by atoms with van der Waals surface area (Å²) in [7, 11) is 0. The van der Waals surface area contributed by atoms with Gasteiger partial charge in [-0.05, 0) is 67.4 Å². The first-order chi connectivity index (χ1) is 13.4. The molecule has 4 aromatic rings. The van der Waals surface area contributed by atoms with Crippen LogP contribution in [-0.2, 0) is 0 Å². The SMILES string of the molecule is Cc1cc(C)c2oc(-c3ccco3)c(OC(=O)c3ccc(F)cc3)c(=O)c2c1. The van der Waals surface area contributed by atoms with Crippen LogP contribution in [0.3, 0.4) is 0 Å². The largest absolute Gasteiger partial charge is 0.461 e. The average molecular weight is 378 g/mol. The molecule has 0 N–H and O–H groups in total. The van der Waals surface area contributed by atoms with Crippen LogP contribution < -0.4 is 10.2 Å². The van der Waals surface area contributed by atoms with Crippen LogP contribution in [0.2, 0.25) is 0 Å². The van der Waals surface area contributed by atoms with Crippen LogP contribution in [0.25, 0.3) is 22.5 Å². The molecule has 6 heteroatoms. The van der Waals surface area contributed by atoms with Gasteiger partial charge >= 0.3 is 5.97 Å². The lowest BCUT2D eigenvalue weighted by Crippen LogP contribution is -2.16. The predicted octanol–water partition coefficient (Wildman–Crippen LogP) is 5.03. The van der Waals surface area contributed by atoms with E-state index in [1.165, 1.54) is 18.4 Å². The number of ether oxygens (including phenoxy) is 1. The van der Waals surface area contributed by atoms with E-state index in [-0.39, 0.29) is 22.8 Å². The highest BCUT2D eigenvalue weighted by Crippen LogP contribution is 2.33. The Balaban J connectivity index is 1.91. The molecule has 0 saturated carbocycles. The molecule has 0 atom stereocenters. The molecule has 2 aromatic carbocycles. The molecule has 0 amide bonds. The summed E-state index contributed by atoms with van der Waals surface area (Å²) in [4.78, 5) is 25.6. The summed E-state index contributed by atoms with van der Waals surface area (Å²) < 4.78 is 29.8. The molecule has 0 bridgehead atoms. The first-order valence-corrected chi connectivity index (χ1v) is 8.53. The minimum absolute atomic E-state index is 0.0184. The predicted molar refractivity (Wildman–Crippen MR) is 101 cm³/mol. The third-order valence-corrected chi connectivity index (χ3v) is 4.30. The van der Waals surface area contributed by atoms with Crippen LogP contribution in [0.5, 0.6) is 5.75 Å². The van der Waals surface area contributed by atoms with Crippen molar-refractivity contribution in [1.29, 1.82) is 0 Å². The van der Waals surface area contributed by atoms with Crippen molar-refractivity contribution >= 4 is 16.9 Å². The first kappa shape index (κ1) is 17.7. The second-order valence-corrected chi connectivity index (χ2v) is 6.42. The van der Waals surface area contributed by atoms with E-state index in [2.05, 4.69) is 0 Å². The van der Waals surface area contributed by atoms with E-state index < -0.39 is 17.2 Å². The van der Waals surface area contributed by atoms with Gasteiger partial charge in [-0.25, -0.2) is 9.18 Å². The molecular formula is C22H15FO5. The minimum atomic E-state index is -0.802. The first-order valence-electron chi connectivity index (χ1n) is 8.53. The lowest BCUT2D eigenvalue weighted by Gasteiger charge is -2.11. The third-order valence-electron chi connectivity index (χ3n) is 4.30. The molecule has 0 radical (unpaired) electrons. The monoisotopic (exact) mass is 378 g/mol. The lowest BCUT2D eigenvalue weighted by atomic mass is 10.1. The summed E-state index contributed by atoms with van der Waals surface area (Å²) in [5.41, 5.74) is 1.65. The van der Waals surface area contributed by atoms with E-state index in [1.54, 1.807) is 18.2 Å². The number of hydrogen-bond donors (Lipinski definition) is 0. The maximum atomic E-state index is 13.1. The molecule has 0 aliphatic carbocycles. The van der Waals surface area contributed by atoms with Crippen LogP contribution in [0.15, 0.2) is 68.4 Å². The summed E-state index contributed by atoms with van der Waals surface area (Å²) in [6, 6.07) is 11.6. The zero-order valence-corrected chi connectivity index (χ0v) is 15.1. The number of aryl methyl sites for hydroxylation is 2. The fourth-order valence-corrected chi connectivity index (χ4v) is 3.03. The van der Waals surface area contributed by atoms with Crippen LogP contribution >= 0.6 is 0 Å². The molecule has 0 aliphatic rings. The number of rotatable bonds is 3. The van der Waals surface area contributed by atoms with Gasteiger partial charge in [-0.2, -0.15) is 0 Å². The molecule has 140 valence electrons. The molecule has 0 aliphatic heterocycles. The molecule has 0 saturated heterocycles. The smallest absolute Gasteiger partial charge is 0.343 e. The Kier molecular flexibility index (Phi) is 4.31. The standard InChI is InChI=1S/C22H15FO5/c1-12-10-13(2)19-16(11-12)18(24)21(20(27-19)17-4-3-9-26-17)28-22(25)14-5-7-15(23)8-6-14/h3-11H,1-2H3. The Morgan fingerprint density at radius 3 is 2.50 bits per heavy atom. The number of furan rings is 1. The van der Waals surface area contributed by atoms with Crippen molar-refractivity contribution in [3.05, 3.63) is 87.5 Å². The van der Waals surface area contributed by atoms with E-state index in [1.807, 2.05) is 19.9 Å². The van der Waals surface area contributed by atoms with Gasteiger partial charge in [-0.3, -0.25) is 4.79 Å². The van der Waals surface area contributed by atoms with Gasteiger partial charge in [-0.1, -0.05) is 6.07 Å². The summed E-state index contributed by atoms with van der Waals surface area (Å²) in [5, 5.41) is 0.301. The highest BCUT2D eigenvalue weighted by atomic mass is 19.1. The Labute approximate surface area is 159 Å². The number of esters is 1. The maximum absolute atomic E-state index is 13.1. The molecule has 5 nitrogen and oxygen atoms in total. The third kappa shape index (κ3) is 3.09. The van der Waals surface area contributed by atoms with Gasteiger partial charge in [0.25, 0.3) is 0 Å². The number of halogens is 1. The molecule has 28 heavy (non-hydrogen) atoms. The van der Waals surface area contributed by atoms with E-state index >= 15 is 0 Å². The quantitative estimate of drug-likeness (QED) is 0.468. The second kappa shape index (κ2) is 6.81. The second-order valence-electron chi connectivity index (χ2n) is 6.42. The Bertz CT molecular complexity index is 1230. The highest BCUT2D eigenvalue weighted by Gasteiger charge is 2.23. The van der Waals surface area contributed by atoms with Crippen LogP contribution in [0, 0.1) is 19.7 Å². The van der Waals surface area contributed by atoms with Crippen molar-refractivity contribution in [2.45, 2.75) is 13.8 Å². The summed E-state index contributed by atoms with van der Waals surface area (Å²) in [5.74, 6) is -1.29. The van der Waals surface area contributed by atoms with Crippen molar-refractivity contribution in [3.8, 4) is 17.3 Å². The van der Waals surface area contributed by atoms with Gasteiger partial charge in [0, 0.05) is 0 Å². The van der Waals surface area contributed by atoms with Crippen LogP contribution in [0.4, 0.5) is 4.39 Å². The van der Waals surface area contributed by atoms with Crippen molar-refractivity contribution in [3.63, 3.8) is 0 Å². The highest BCUT2D eigenvalue weighted by molar-refractivity contribution is 5.93. The molecule has 4 rings (SSSR count). The number of carbonyl (C=O) groups excluding carboxylic acids is 1. The Morgan fingerprint density at radius 1 is 1.07 bits per heavy atom. The van der Waals surface area contributed by atoms with E-state index in [9.17, 15) is 14.0 Å². The van der Waals surface area contributed by atoms with Gasteiger partial charge in [0.1, 0.15) is 11.4 Å². The minimum Gasteiger partial charge on any atom is -0.461 e. The van der Waals surface area contributed by atoms with E-state index in [4.69, 9.17) is 13.6 Å². The number of hydrogen-bond acceptors (Lipinski definition) is 5. The zero-order chi connectivity index (χ0) is 19.8. The molecular weight excluding hydrogens is 363 g/mol. The fraction of sp³-hybridized carbons (Fsp3) is 0.0909. The summed E-state index contributed by atoms with van der Waals surface area (Å²) in [6.45, 7) is 3.69. The van der Waals surface area contributed by atoms with Crippen molar-refractivity contribution < 1.29 is 22.8 Å². The Morgan fingerprint density at radius 2 is 1.82 bits per heavy atom. The van der Waals surface area contributed by atoms with Gasteiger partial charge in [0.05, 0.1) is 17.2 Å². The zero-order valence-electron chi connectivity index (χ0n) is 15.1. The number of benzene rings is 2. The van der Waals surface area contributed by atoms with Crippen molar-refractivity contribution in [2.24, 2.45) is 0 Å². The van der Waals surface area contributed by atoms with Crippen LogP contribution in [-0.4, -0.2) is 5.97 Å². The average Bonchev–Trinajstić information content (AvgIpc) is 3.19. The fourth-order valence-electron chi connectivity index (χ4n) is 3.03. The maximum Gasteiger partial charge on any atom is 0.343 e. The van der Waals surface area contributed by atoms with Crippen molar-refractivity contribution in [1.82, 2.24) is 0 Å². The van der Waals surface area contributed by atoms with Gasteiger partial charge in [0.15, 0.2) is 5.76 Å². The molecule has 2 aromatic heterocycles. The lowest BCUT2D eigenvalue weighted by molar-refractivity contribution is 0.0731. The summed E-state index contributed by atoms with van der Waals surface area (Å²) >= 11 is 0. The normalized spacial score (nSPS) is 11.0. The van der Waals surface area contributed by atoms with Gasteiger partial charge in [-0.15, -0.1) is 0 Å². The van der Waals surface area contributed by atoms with Crippen molar-refractivity contribution in [2.75, 3.05) is 0 Å². The number of carbonyl (C=O) groups is 1. The number of fused-ring (bicyclic) bond motifs is 1.